The van der Waals surface area contributed by atoms with E-state index in [1.807, 2.05) is 6.07 Å². The lowest BCUT2D eigenvalue weighted by Crippen LogP contribution is -2.01. The van der Waals surface area contributed by atoms with Crippen molar-refractivity contribution in [1.82, 2.24) is 0 Å². The lowest BCUT2D eigenvalue weighted by molar-refractivity contribution is 0.411. The first-order valence-corrected chi connectivity index (χ1v) is 4.62. The van der Waals surface area contributed by atoms with Crippen LogP contribution in [0, 0.1) is 6.92 Å². The molecule has 70 valence electrons. The maximum Gasteiger partial charge on any atom is 0.121 e. The normalized spacial score (nSPS) is 25.8. The van der Waals surface area contributed by atoms with E-state index in [9.17, 15) is 0 Å². The van der Waals surface area contributed by atoms with Gasteiger partial charge in [-0.2, -0.15) is 0 Å². The van der Waals surface area contributed by atoms with E-state index in [1.165, 1.54) is 11.1 Å². The average molecular weight is 177 g/mol. The highest BCUT2D eigenvalue weighted by atomic mass is 16.5. The van der Waals surface area contributed by atoms with Crippen molar-refractivity contribution in [1.29, 1.82) is 0 Å². The molecule has 0 amide bonds. The predicted octanol–water partition coefficient (Wildman–Crippen LogP) is 1.82. The van der Waals surface area contributed by atoms with E-state index in [0.717, 1.165) is 12.2 Å². The first-order chi connectivity index (χ1) is 6.22. The molecule has 2 N–H and O–H groups in total. The Balaban J connectivity index is 2.25. The van der Waals surface area contributed by atoms with Crippen LogP contribution in [-0.2, 0) is 0 Å². The molecule has 1 aliphatic rings. The van der Waals surface area contributed by atoms with Crippen molar-refractivity contribution in [2.75, 3.05) is 7.11 Å². The predicted molar refractivity (Wildman–Crippen MR) is 53.1 cm³/mol. The molecule has 0 aliphatic heterocycles. The zero-order chi connectivity index (χ0) is 9.42. The molecule has 1 saturated carbocycles. The highest BCUT2D eigenvalue weighted by molar-refractivity contribution is 5.39. The Morgan fingerprint density at radius 3 is 2.62 bits per heavy atom. The number of hydrogen-bond acceptors (Lipinski definition) is 2. The third kappa shape index (κ3) is 1.54. The number of rotatable bonds is 2. The van der Waals surface area contributed by atoms with Crippen molar-refractivity contribution < 1.29 is 4.74 Å². The zero-order valence-corrected chi connectivity index (χ0v) is 8.08. The summed E-state index contributed by atoms with van der Waals surface area (Å²) in [7, 11) is 1.70. The van der Waals surface area contributed by atoms with E-state index in [1.54, 1.807) is 7.11 Å². The van der Waals surface area contributed by atoms with Crippen LogP contribution in [0.15, 0.2) is 18.2 Å². The summed E-state index contributed by atoms with van der Waals surface area (Å²) in [4.78, 5) is 0. The van der Waals surface area contributed by atoms with Crippen molar-refractivity contribution >= 4 is 0 Å². The first kappa shape index (κ1) is 8.57. The molecule has 1 fully saturated rings. The van der Waals surface area contributed by atoms with Crippen molar-refractivity contribution in [3.63, 3.8) is 0 Å². The van der Waals surface area contributed by atoms with Crippen LogP contribution in [0.3, 0.4) is 0 Å². The third-order valence-electron chi connectivity index (χ3n) is 2.69. The van der Waals surface area contributed by atoms with Gasteiger partial charge in [-0.15, -0.1) is 0 Å². The van der Waals surface area contributed by atoms with E-state index in [2.05, 4.69) is 19.1 Å². The van der Waals surface area contributed by atoms with Gasteiger partial charge in [-0.3, -0.25) is 0 Å². The maximum atomic E-state index is 5.79. The van der Waals surface area contributed by atoms with Gasteiger partial charge in [0.25, 0.3) is 0 Å². The van der Waals surface area contributed by atoms with Gasteiger partial charge < -0.3 is 10.5 Å². The Bertz CT molecular complexity index is 322. The molecule has 1 aromatic carbocycles. The molecule has 1 aliphatic carbocycles. The summed E-state index contributed by atoms with van der Waals surface area (Å²) in [6, 6.07) is 6.70. The topological polar surface area (TPSA) is 35.2 Å². The molecule has 0 radical (unpaired) electrons. The molecule has 2 rings (SSSR count). The molecule has 2 atom stereocenters. The van der Waals surface area contributed by atoms with Crippen molar-refractivity contribution in [2.24, 2.45) is 5.73 Å². The van der Waals surface area contributed by atoms with Crippen molar-refractivity contribution in [3.8, 4) is 5.75 Å². The van der Waals surface area contributed by atoms with E-state index < -0.39 is 0 Å². The molecule has 2 nitrogen and oxygen atoms in total. The van der Waals surface area contributed by atoms with Gasteiger partial charge in [-0.25, -0.2) is 0 Å². The third-order valence-corrected chi connectivity index (χ3v) is 2.69. The monoisotopic (exact) mass is 177 g/mol. The van der Waals surface area contributed by atoms with Gasteiger partial charge in [-0.1, -0.05) is 12.1 Å². The van der Waals surface area contributed by atoms with E-state index >= 15 is 0 Å². The largest absolute Gasteiger partial charge is 0.496 e. The number of methoxy groups -OCH3 is 1. The Hall–Kier alpha value is -1.02. The number of aryl methyl sites for hydroxylation is 1. The quantitative estimate of drug-likeness (QED) is 0.747. The van der Waals surface area contributed by atoms with E-state index in [0.29, 0.717) is 12.0 Å². The fraction of sp³-hybridized carbons (Fsp3) is 0.455. The van der Waals surface area contributed by atoms with Crippen LogP contribution < -0.4 is 10.5 Å². The summed E-state index contributed by atoms with van der Waals surface area (Å²) in [5.41, 5.74) is 8.33. The second kappa shape index (κ2) is 3.04. The molecule has 0 spiro atoms. The molecule has 0 heterocycles. The van der Waals surface area contributed by atoms with Crippen molar-refractivity contribution in [3.05, 3.63) is 29.3 Å². The molecule has 0 bridgehead atoms. The highest BCUT2D eigenvalue weighted by Gasteiger charge is 2.34. The minimum absolute atomic E-state index is 0.382. The van der Waals surface area contributed by atoms with Crippen LogP contribution in [-0.4, -0.2) is 13.2 Å². The smallest absolute Gasteiger partial charge is 0.121 e. The maximum absolute atomic E-state index is 5.79. The lowest BCUT2D eigenvalue weighted by Gasteiger charge is -2.06. The number of ether oxygens (including phenoxy) is 1. The Morgan fingerprint density at radius 2 is 2.15 bits per heavy atom. The summed E-state index contributed by atoms with van der Waals surface area (Å²) in [6.45, 7) is 2.07. The molecule has 13 heavy (non-hydrogen) atoms. The van der Waals surface area contributed by atoms with Crippen LogP contribution in [0.25, 0.3) is 0 Å². The number of benzene rings is 1. The van der Waals surface area contributed by atoms with Gasteiger partial charge in [-0.05, 0) is 30.5 Å². The molecular weight excluding hydrogens is 162 g/mol. The van der Waals surface area contributed by atoms with Gasteiger partial charge in [0.1, 0.15) is 5.75 Å². The molecule has 1 aromatic rings. The highest BCUT2D eigenvalue weighted by Crippen LogP contribution is 2.40. The second-order valence-electron chi connectivity index (χ2n) is 3.74. The number of nitrogens with two attached hydrogens (primary N) is 1. The molecular formula is C11H15NO. The van der Waals surface area contributed by atoms with Crippen LogP contribution in [0.5, 0.6) is 5.75 Å². The molecule has 1 unspecified atom stereocenters. The second-order valence-corrected chi connectivity index (χ2v) is 3.74. The Morgan fingerprint density at radius 1 is 1.46 bits per heavy atom. The summed E-state index contributed by atoms with van der Waals surface area (Å²) < 4.78 is 5.20. The standard InChI is InChI=1S/C11H15NO/c1-7-5-8(9-6-10(9)12)3-4-11(7)13-2/h3-5,9-10H,6,12H2,1-2H3/t9?,10-/m1/s1. The van der Waals surface area contributed by atoms with Gasteiger partial charge >= 0.3 is 0 Å². The number of hydrogen-bond donors (Lipinski definition) is 1. The minimum Gasteiger partial charge on any atom is -0.496 e. The summed E-state index contributed by atoms with van der Waals surface area (Å²) in [5.74, 6) is 1.54. The van der Waals surface area contributed by atoms with Gasteiger partial charge in [0, 0.05) is 12.0 Å². The Kier molecular flexibility index (Phi) is 2.00. The minimum atomic E-state index is 0.382. The Labute approximate surface area is 78.7 Å². The van der Waals surface area contributed by atoms with Gasteiger partial charge in [0.2, 0.25) is 0 Å². The van der Waals surface area contributed by atoms with E-state index in [-0.39, 0.29) is 0 Å². The molecule has 0 aromatic heterocycles. The summed E-state index contributed by atoms with van der Waals surface area (Å²) in [5, 5.41) is 0. The van der Waals surface area contributed by atoms with Crippen LogP contribution in [0.4, 0.5) is 0 Å². The average Bonchev–Trinajstić information content (AvgIpc) is 2.82. The van der Waals surface area contributed by atoms with Gasteiger partial charge in [0.15, 0.2) is 0 Å². The van der Waals surface area contributed by atoms with Crippen LogP contribution in [0.1, 0.15) is 23.5 Å². The first-order valence-electron chi connectivity index (χ1n) is 4.62. The molecule has 0 saturated heterocycles. The fourth-order valence-electron chi connectivity index (χ4n) is 1.73. The lowest BCUT2D eigenvalue weighted by atomic mass is 10.1. The SMILES string of the molecule is COc1ccc(C2C[C@H]2N)cc1C. The zero-order valence-electron chi connectivity index (χ0n) is 8.08. The van der Waals surface area contributed by atoms with Gasteiger partial charge in [0.05, 0.1) is 7.11 Å². The van der Waals surface area contributed by atoms with Crippen LogP contribution >= 0.6 is 0 Å². The fourth-order valence-corrected chi connectivity index (χ4v) is 1.73. The van der Waals surface area contributed by atoms with E-state index in [4.69, 9.17) is 10.5 Å². The summed E-state index contributed by atoms with van der Waals surface area (Å²) in [6.07, 6.45) is 1.13. The molecule has 2 heteroatoms. The summed E-state index contributed by atoms with van der Waals surface area (Å²) >= 11 is 0. The van der Waals surface area contributed by atoms with Crippen LogP contribution in [0.2, 0.25) is 0 Å². The van der Waals surface area contributed by atoms with Crippen molar-refractivity contribution in [2.45, 2.75) is 25.3 Å².